The molecule has 0 spiro atoms. The molecule has 3 nitrogen and oxygen atoms in total. The molecule has 1 aromatic rings. The molecule has 156 valence electrons. The summed E-state index contributed by atoms with van der Waals surface area (Å²) < 4.78 is 77.8. The minimum Gasteiger partial charge on any atom is -0.392 e. The molecule has 0 unspecified atom stereocenters. The van der Waals surface area contributed by atoms with Crippen LogP contribution in [0.3, 0.4) is 0 Å². The van der Waals surface area contributed by atoms with Gasteiger partial charge in [-0.05, 0) is 31.0 Å². The second-order valence-electron chi connectivity index (χ2n) is 7.32. The van der Waals surface area contributed by atoms with Crippen LogP contribution in [0.1, 0.15) is 43.4 Å². The van der Waals surface area contributed by atoms with Gasteiger partial charge in [-0.1, -0.05) is 25.1 Å². The molecule has 0 radical (unpaired) electrons. The van der Waals surface area contributed by atoms with Crippen molar-refractivity contribution in [3.63, 3.8) is 0 Å². The summed E-state index contributed by atoms with van der Waals surface area (Å²) >= 11 is 0. The number of benzene rings is 1. The van der Waals surface area contributed by atoms with Crippen LogP contribution in [0.4, 0.5) is 26.3 Å². The maximum absolute atomic E-state index is 13.2. The van der Waals surface area contributed by atoms with Gasteiger partial charge in [0.05, 0.1) is 22.8 Å². The molecule has 1 saturated carbocycles. The molecule has 0 saturated heterocycles. The average molecular weight is 410 g/mol. The molecule has 0 amide bonds. The largest absolute Gasteiger partial charge is 0.417 e. The maximum Gasteiger partial charge on any atom is 0.417 e. The summed E-state index contributed by atoms with van der Waals surface area (Å²) in [4.78, 5) is 11.9. The second-order valence-corrected chi connectivity index (χ2v) is 7.32. The highest BCUT2D eigenvalue weighted by Gasteiger charge is 2.41. The molecule has 2 rings (SSSR count). The zero-order valence-electron chi connectivity index (χ0n) is 15.1. The molecule has 28 heavy (non-hydrogen) atoms. The van der Waals surface area contributed by atoms with Crippen LogP contribution in [0.5, 0.6) is 0 Å². The first kappa shape index (κ1) is 22.4. The summed E-state index contributed by atoms with van der Waals surface area (Å²) in [6, 6.07) is 1.23. The minimum absolute atomic E-state index is 0.0178. The molecule has 1 aliphatic rings. The number of alkyl halides is 6. The lowest BCUT2D eigenvalue weighted by Gasteiger charge is -2.37. The molecular formula is C19H20F6O3. The van der Waals surface area contributed by atoms with E-state index in [1.165, 1.54) is 6.92 Å². The van der Waals surface area contributed by atoms with E-state index < -0.39 is 52.6 Å². The van der Waals surface area contributed by atoms with Crippen molar-refractivity contribution in [2.45, 2.75) is 50.7 Å². The van der Waals surface area contributed by atoms with Crippen LogP contribution in [0.15, 0.2) is 24.3 Å². The van der Waals surface area contributed by atoms with E-state index in [1.807, 2.05) is 0 Å². The number of carbonyl (C=O) groups excluding carboxylic acids is 1. The SMILES string of the molecule is C[C@@H]1C(=O)C[C@H]([C@@](C)(O)/C=C\c2ccc(C(F)(F)F)cc2C(F)(F)F)C[C@@H]1O. The van der Waals surface area contributed by atoms with Crippen LogP contribution >= 0.6 is 0 Å². The van der Waals surface area contributed by atoms with Gasteiger partial charge in [0, 0.05) is 18.3 Å². The summed E-state index contributed by atoms with van der Waals surface area (Å²) in [7, 11) is 0. The van der Waals surface area contributed by atoms with Crippen LogP contribution in [-0.2, 0) is 17.1 Å². The number of Topliss-reactive ketones (excluding diaryl/α,β-unsaturated/α-hetero) is 1. The van der Waals surface area contributed by atoms with Crippen LogP contribution < -0.4 is 0 Å². The Hall–Kier alpha value is -1.87. The van der Waals surface area contributed by atoms with Crippen molar-refractivity contribution in [3.05, 3.63) is 41.0 Å². The summed E-state index contributed by atoms with van der Waals surface area (Å²) in [5, 5.41) is 20.5. The van der Waals surface area contributed by atoms with Gasteiger partial charge < -0.3 is 10.2 Å². The molecule has 0 aromatic heterocycles. The number of halogens is 6. The fourth-order valence-electron chi connectivity index (χ4n) is 3.19. The highest BCUT2D eigenvalue weighted by molar-refractivity contribution is 5.82. The van der Waals surface area contributed by atoms with Crippen molar-refractivity contribution in [1.82, 2.24) is 0 Å². The van der Waals surface area contributed by atoms with Crippen LogP contribution in [0.25, 0.3) is 6.08 Å². The lowest BCUT2D eigenvalue weighted by atomic mass is 9.72. The van der Waals surface area contributed by atoms with Gasteiger partial charge in [-0.25, -0.2) is 0 Å². The second kappa shape index (κ2) is 7.51. The molecule has 9 heteroatoms. The first-order chi connectivity index (χ1) is 12.6. The van der Waals surface area contributed by atoms with Gasteiger partial charge in [-0.2, -0.15) is 26.3 Å². The molecule has 1 aromatic carbocycles. The van der Waals surface area contributed by atoms with Crippen molar-refractivity contribution in [2.75, 3.05) is 0 Å². The number of hydrogen-bond donors (Lipinski definition) is 2. The minimum atomic E-state index is -5.03. The Labute approximate surface area is 157 Å². The van der Waals surface area contributed by atoms with Crippen molar-refractivity contribution in [1.29, 1.82) is 0 Å². The monoisotopic (exact) mass is 410 g/mol. The number of carbonyl (C=O) groups is 1. The van der Waals surface area contributed by atoms with E-state index in [0.717, 1.165) is 12.2 Å². The van der Waals surface area contributed by atoms with Gasteiger partial charge in [0.2, 0.25) is 0 Å². The number of hydrogen-bond acceptors (Lipinski definition) is 3. The number of aliphatic hydroxyl groups excluding tert-OH is 1. The van der Waals surface area contributed by atoms with Crippen molar-refractivity contribution < 1.29 is 41.4 Å². The van der Waals surface area contributed by atoms with Gasteiger partial charge in [0.1, 0.15) is 5.78 Å². The van der Waals surface area contributed by atoms with E-state index in [4.69, 9.17) is 0 Å². The predicted molar refractivity (Wildman–Crippen MR) is 89.0 cm³/mol. The molecule has 0 heterocycles. The predicted octanol–water partition coefficient (Wildman–Crippen LogP) is 4.46. The maximum atomic E-state index is 13.2. The Kier molecular flexibility index (Phi) is 6.02. The van der Waals surface area contributed by atoms with Crippen LogP contribution in [-0.4, -0.2) is 27.7 Å². The van der Waals surface area contributed by atoms with Gasteiger partial charge in [-0.15, -0.1) is 0 Å². The van der Waals surface area contributed by atoms with Gasteiger partial charge in [0.25, 0.3) is 0 Å². The van der Waals surface area contributed by atoms with Crippen molar-refractivity contribution in [2.24, 2.45) is 11.8 Å². The van der Waals surface area contributed by atoms with Crippen LogP contribution in [0.2, 0.25) is 0 Å². The molecule has 1 fully saturated rings. The Morgan fingerprint density at radius 3 is 2.21 bits per heavy atom. The first-order valence-corrected chi connectivity index (χ1v) is 8.53. The smallest absolute Gasteiger partial charge is 0.392 e. The first-order valence-electron chi connectivity index (χ1n) is 8.53. The number of aliphatic hydroxyl groups is 2. The standard InChI is InChI=1S/C19H20F6O3/c1-10-15(26)8-13(9-16(10)27)17(2,28)6-5-11-3-4-12(18(20,21)22)7-14(11)19(23,24)25/h3-7,10,13,15,26,28H,8-9H2,1-2H3/b6-5-/t10-,13+,15-,17-/m0/s1. The van der Waals surface area contributed by atoms with Gasteiger partial charge >= 0.3 is 12.4 Å². The molecule has 0 bridgehead atoms. The fourth-order valence-corrected chi connectivity index (χ4v) is 3.19. The van der Waals surface area contributed by atoms with E-state index in [0.29, 0.717) is 12.1 Å². The quantitative estimate of drug-likeness (QED) is 0.724. The third-order valence-electron chi connectivity index (χ3n) is 5.17. The summed E-state index contributed by atoms with van der Waals surface area (Å²) in [5.74, 6) is -1.60. The molecule has 4 atom stereocenters. The average Bonchev–Trinajstić information content (AvgIpc) is 2.55. The molecule has 1 aliphatic carbocycles. The van der Waals surface area contributed by atoms with Gasteiger partial charge in [-0.3, -0.25) is 4.79 Å². The zero-order chi connectivity index (χ0) is 21.5. The Bertz CT molecular complexity index is 764. The van der Waals surface area contributed by atoms with Crippen molar-refractivity contribution >= 4 is 11.9 Å². The third-order valence-corrected chi connectivity index (χ3v) is 5.17. The van der Waals surface area contributed by atoms with Crippen molar-refractivity contribution in [3.8, 4) is 0 Å². The highest BCUT2D eigenvalue weighted by Crippen LogP contribution is 2.39. The topological polar surface area (TPSA) is 57.5 Å². The summed E-state index contributed by atoms with van der Waals surface area (Å²) in [6.45, 7) is 2.83. The fraction of sp³-hybridized carbons (Fsp3) is 0.526. The Balaban J connectivity index is 2.35. The van der Waals surface area contributed by atoms with E-state index in [1.54, 1.807) is 6.92 Å². The lowest BCUT2D eigenvalue weighted by Crippen LogP contribution is -2.44. The van der Waals surface area contributed by atoms with E-state index >= 15 is 0 Å². The molecule has 2 N–H and O–H groups in total. The molecule has 0 aliphatic heterocycles. The lowest BCUT2D eigenvalue weighted by molar-refractivity contribution is -0.143. The van der Waals surface area contributed by atoms with Gasteiger partial charge in [0.15, 0.2) is 0 Å². The Morgan fingerprint density at radius 1 is 1.11 bits per heavy atom. The van der Waals surface area contributed by atoms with Crippen LogP contribution in [0, 0.1) is 11.8 Å². The number of ketones is 1. The highest BCUT2D eigenvalue weighted by atomic mass is 19.4. The molecular weight excluding hydrogens is 390 g/mol. The normalized spacial score (nSPS) is 26.5. The van der Waals surface area contributed by atoms with E-state index in [2.05, 4.69) is 0 Å². The zero-order valence-corrected chi connectivity index (χ0v) is 15.1. The summed E-state index contributed by atoms with van der Waals surface area (Å²) in [5.41, 5.74) is -5.19. The summed E-state index contributed by atoms with van der Waals surface area (Å²) in [6.07, 6.45) is -9.02. The number of rotatable bonds is 3. The third kappa shape index (κ3) is 4.94. The Morgan fingerprint density at radius 2 is 1.71 bits per heavy atom. The van der Waals surface area contributed by atoms with E-state index in [9.17, 15) is 41.4 Å². The van der Waals surface area contributed by atoms with E-state index in [-0.39, 0.29) is 24.7 Å².